The number of hydrogen-bond acceptors (Lipinski definition) is 3. The van der Waals surface area contributed by atoms with Crippen LogP contribution < -0.4 is 10.6 Å². The van der Waals surface area contributed by atoms with Crippen molar-refractivity contribution in [1.82, 2.24) is 15.5 Å². The quantitative estimate of drug-likeness (QED) is 0.764. The molecule has 1 saturated heterocycles. The Morgan fingerprint density at radius 3 is 2.70 bits per heavy atom. The van der Waals surface area contributed by atoms with Crippen LogP contribution in [0.2, 0.25) is 0 Å². The zero-order chi connectivity index (χ0) is 18.4. The van der Waals surface area contributed by atoms with E-state index in [-0.39, 0.29) is 43.2 Å². The lowest BCUT2D eigenvalue weighted by atomic mass is 10.0. The molecule has 1 aliphatic heterocycles. The van der Waals surface area contributed by atoms with Crippen LogP contribution in [0.25, 0.3) is 10.8 Å². The summed E-state index contributed by atoms with van der Waals surface area (Å²) in [6, 6.07) is 14.3. The molecule has 2 aromatic carbocycles. The molecule has 2 amide bonds. The zero-order valence-electron chi connectivity index (χ0n) is 15.7. The third-order valence-corrected chi connectivity index (χ3v) is 4.93. The van der Waals surface area contributed by atoms with E-state index < -0.39 is 0 Å². The van der Waals surface area contributed by atoms with Crippen LogP contribution in [0, 0.1) is 0 Å². The molecule has 1 unspecified atom stereocenters. The smallest absolute Gasteiger partial charge is 0.242 e. The first-order chi connectivity index (χ1) is 12.7. The molecule has 0 bridgehead atoms. The van der Waals surface area contributed by atoms with Crippen LogP contribution in [0.3, 0.4) is 0 Å². The number of halogens is 1. The summed E-state index contributed by atoms with van der Waals surface area (Å²) in [6.07, 6.45) is 2.19. The number of carbonyl (C=O) groups is 2. The van der Waals surface area contributed by atoms with Crippen molar-refractivity contribution in [2.45, 2.75) is 32.2 Å². The molecule has 0 aromatic heterocycles. The maximum Gasteiger partial charge on any atom is 0.242 e. The second kappa shape index (κ2) is 10.3. The van der Waals surface area contributed by atoms with E-state index in [2.05, 4.69) is 17.6 Å². The van der Waals surface area contributed by atoms with Crippen LogP contribution in [0.15, 0.2) is 42.5 Å². The maximum absolute atomic E-state index is 12.6. The lowest BCUT2D eigenvalue weighted by Gasteiger charge is -2.28. The van der Waals surface area contributed by atoms with Crippen molar-refractivity contribution >= 4 is 35.0 Å². The van der Waals surface area contributed by atoms with E-state index >= 15 is 0 Å². The van der Waals surface area contributed by atoms with Crippen molar-refractivity contribution in [3.05, 3.63) is 48.0 Å². The predicted molar refractivity (Wildman–Crippen MR) is 111 cm³/mol. The van der Waals surface area contributed by atoms with E-state index in [9.17, 15) is 9.59 Å². The van der Waals surface area contributed by atoms with Gasteiger partial charge in [-0.25, -0.2) is 0 Å². The Morgan fingerprint density at radius 1 is 1.19 bits per heavy atom. The van der Waals surface area contributed by atoms with Crippen molar-refractivity contribution in [2.24, 2.45) is 0 Å². The summed E-state index contributed by atoms with van der Waals surface area (Å²) in [4.78, 5) is 26.9. The first kappa shape index (κ1) is 21.2. The molecule has 27 heavy (non-hydrogen) atoms. The third kappa shape index (κ3) is 5.44. The first-order valence-corrected chi connectivity index (χ1v) is 9.42. The Bertz CT molecular complexity index is 770. The molecule has 0 radical (unpaired) electrons. The van der Waals surface area contributed by atoms with E-state index in [4.69, 9.17) is 0 Å². The van der Waals surface area contributed by atoms with E-state index in [0.29, 0.717) is 0 Å². The van der Waals surface area contributed by atoms with Crippen LogP contribution >= 0.6 is 12.4 Å². The van der Waals surface area contributed by atoms with Gasteiger partial charge in [0.25, 0.3) is 0 Å². The van der Waals surface area contributed by atoms with Gasteiger partial charge < -0.3 is 15.5 Å². The molecule has 1 aliphatic rings. The van der Waals surface area contributed by atoms with Gasteiger partial charge in [0.15, 0.2) is 0 Å². The SMILES string of the molecule is CCCN(C(=O)CNC(=O)Cc1cccc2ccccc12)C1CCNC1.Cl. The number of nitrogens with zero attached hydrogens (tertiary/aromatic N) is 1. The topological polar surface area (TPSA) is 61.4 Å². The van der Waals surface area contributed by atoms with Gasteiger partial charge in [0.2, 0.25) is 11.8 Å². The molecule has 5 nitrogen and oxygen atoms in total. The minimum absolute atomic E-state index is 0. The molecule has 2 N–H and O–H groups in total. The van der Waals surface area contributed by atoms with E-state index in [1.54, 1.807) is 0 Å². The minimum atomic E-state index is -0.115. The number of fused-ring (bicyclic) bond motifs is 1. The second-order valence-electron chi connectivity index (χ2n) is 6.83. The third-order valence-electron chi connectivity index (χ3n) is 4.93. The highest BCUT2D eigenvalue weighted by Gasteiger charge is 2.25. The number of carbonyl (C=O) groups excluding carboxylic acids is 2. The number of nitrogens with one attached hydrogen (secondary N) is 2. The van der Waals surface area contributed by atoms with Gasteiger partial charge in [-0.15, -0.1) is 12.4 Å². The van der Waals surface area contributed by atoms with Crippen molar-refractivity contribution in [3.63, 3.8) is 0 Å². The largest absolute Gasteiger partial charge is 0.347 e. The summed E-state index contributed by atoms with van der Waals surface area (Å²) in [5.41, 5.74) is 0.985. The molecule has 0 spiro atoms. The Hall–Kier alpha value is -2.11. The minimum Gasteiger partial charge on any atom is -0.347 e. The van der Waals surface area contributed by atoms with Crippen LogP contribution in [0.5, 0.6) is 0 Å². The summed E-state index contributed by atoms with van der Waals surface area (Å²) in [5.74, 6) is -0.109. The fourth-order valence-corrected chi connectivity index (χ4v) is 3.62. The maximum atomic E-state index is 12.6. The lowest BCUT2D eigenvalue weighted by molar-refractivity contribution is -0.134. The van der Waals surface area contributed by atoms with Crippen LogP contribution in [0.1, 0.15) is 25.3 Å². The van der Waals surface area contributed by atoms with E-state index in [1.165, 1.54) is 0 Å². The average molecular weight is 390 g/mol. The van der Waals surface area contributed by atoms with Gasteiger partial charge in [0, 0.05) is 19.1 Å². The molecule has 1 heterocycles. The number of benzene rings is 2. The number of amides is 2. The number of hydrogen-bond donors (Lipinski definition) is 2. The van der Waals surface area contributed by atoms with E-state index in [0.717, 1.165) is 48.8 Å². The summed E-state index contributed by atoms with van der Waals surface area (Å²) < 4.78 is 0. The predicted octanol–water partition coefficient (Wildman–Crippen LogP) is 2.52. The fourth-order valence-electron chi connectivity index (χ4n) is 3.62. The lowest BCUT2D eigenvalue weighted by Crippen LogP contribution is -2.47. The molecule has 1 atom stereocenters. The molecule has 0 aliphatic carbocycles. The monoisotopic (exact) mass is 389 g/mol. The van der Waals surface area contributed by atoms with Crippen molar-refractivity contribution in [1.29, 1.82) is 0 Å². The first-order valence-electron chi connectivity index (χ1n) is 9.42. The highest BCUT2D eigenvalue weighted by Crippen LogP contribution is 2.18. The van der Waals surface area contributed by atoms with Gasteiger partial charge in [-0.1, -0.05) is 49.4 Å². The standard InChI is InChI=1S/C21H27N3O2.ClH/c1-2-12-24(18-10-11-22-14-18)21(26)15-23-20(25)13-17-8-5-7-16-6-3-4-9-19(16)17;/h3-9,18,22H,2,10-15H2,1H3,(H,23,25);1H. The Kier molecular flexibility index (Phi) is 8.07. The molecule has 1 fully saturated rings. The molecule has 146 valence electrons. The molecule has 0 saturated carbocycles. The van der Waals surface area contributed by atoms with Crippen LogP contribution in [0.4, 0.5) is 0 Å². The Morgan fingerprint density at radius 2 is 1.96 bits per heavy atom. The Labute approximate surface area is 166 Å². The summed E-state index contributed by atoms with van der Waals surface area (Å²) >= 11 is 0. The molecule has 3 rings (SSSR count). The molecule has 6 heteroatoms. The normalized spacial score (nSPS) is 16.0. The highest BCUT2D eigenvalue weighted by molar-refractivity contribution is 5.91. The van der Waals surface area contributed by atoms with Crippen molar-refractivity contribution in [2.75, 3.05) is 26.2 Å². The molecular weight excluding hydrogens is 362 g/mol. The van der Waals surface area contributed by atoms with Gasteiger partial charge >= 0.3 is 0 Å². The van der Waals surface area contributed by atoms with Crippen molar-refractivity contribution < 1.29 is 9.59 Å². The van der Waals surface area contributed by atoms with E-state index in [1.807, 2.05) is 47.4 Å². The van der Waals surface area contributed by atoms with Gasteiger partial charge in [0.05, 0.1) is 13.0 Å². The van der Waals surface area contributed by atoms with Gasteiger partial charge in [-0.05, 0) is 35.7 Å². The van der Waals surface area contributed by atoms with Crippen molar-refractivity contribution in [3.8, 4) is 0 Å². The van der Waals surface area contributed by atoms with Crippen LogP contribution in [-0.4, -0.2) is 48.9 Å². The summed E-state index contributed by atoms with van der Waals surface area (Å²) in [5, 5.41) is 8.31. The van der Waals surface area contributed by atoms with Gasteiger partial charge in [-0.3, -0.25) is 9.59 Å². The second-order valence-corrected chi connectivity index (χ2v) is 6.83. The van der Waals surface area contributed by atoms with Crippen LogP contribution in [-0.2, 0) is 16.0 Å². The zero-order valence-corrected chi connectivity index (χ0v) is 16.6. The fraction of sp³-hybridized carbons (Fsp3) is 0.429. The van der Waals surface area contributed by atoms with Gasteiger partial charge in [-0.2, -0.15) is 0 Å². The summed E-state index contributed by atoms with van der Waals surface area (Å²) in [6.45, 7) is 4.67. The number of rotatable bonds is 7. The molecular formula is C21H28ClN3O2. The van der Waals surface area contributed by atoms with Gasteiger partial charge in [0.1, 0.15) is 0 Å². The molecule has 2 aromatic rings. The Balaban J connectivity index is 0.00000261. The summed E-state index contributed by atoms with van der Waals surface area (Å²) in [7, 11) is 0. The highest BCUT2D eigenvalue weighted by atomic mass is 35.5. The average Bonchev–Trinajstić information content (AvgIpc) is 3.19.